The second kappa shape index (κ2) is 7.22. The van der Waals surface area contributed by atoms with Crippen molar-refractivity contribution in [3.05, 3.63) is 58.9 Å². The number of nitrogens with zero attached hydrogens (tertiary/aromatic N) is 2. The summed E-state index contributed by atoms with van der Waals surface area (Å²) in [6.45, 7) is 6.93. The SMILES string of the molecule is Cc1cc(C(=O)N(C)C2CCNCC2)c(C)n1Cc1ccccc1. The highest BCUT2D eigenvalue weighted by Crippen LogP contribution is 2.21. The van der Waals surface area contributed by atoms with Crippen LogP contribution >= 0.6 is 0 Å². The molecular formula is C20H27N3O. The number of carbonyl (C=O) groups is 1. The Morgan fingerprint density at radius 1 is 1.21 bits per heavy atom. The maximum absolute atomic E-state index is 13.0. The third kappa shape index (κ3) is 3.39. The van der Waals surface area contributed by atoms with Crippen molar-refractivity contribution < 1.29 is 4.79 Å². The Labute approximate surface area is 144 Å². The number of piperidine rings is 1. The molecule has 1 aromatic carbocycles. The summed E-state index contributed by atoms with van der Waals surface area (Å²) in [6.07, 6.45) is 2.07. The third-order valence-electron chi connectivity index (χ3n) is 5.16. The highest BCUT2D eigenvalue weighted by molar-refractivity contribution is 5.95. The van der Waals surface area contributed by atoms with Gasteiger partial charge >= 0.3 is 0 Å². The number of amides is 1. The number of rotatable bonds is 4. The van der Waals surface area contributed by atoms with Gasteiger partial charge in [0, 0.05) is 31.0 Å². The average molecular weight is 325 g/mol. The predicted octanol–water partition coefficient (Wildman–Crippen LogP) is 2.98. The van der Waals surface area contributed by atoms with Crippen molar-refractivity contribution in [3.8, 4) is 0 Å². The summed E-state index contributed by atoms with van der Waals surface area (Å²) in [4.78, 5) is 14.9. The van der Waals surface area contributed by atoms with Gasteiger partial charge in [0.05, 0.1) is 5.56 Å². The van der Waals surface area contributed by atoms with E-state index in [1.165, 1.54) is 5.56 Å². The molecule has 0 radical (unpaired) electrons. The van der Waals surface area contributed by atoms with E-state index in [9.17, 15) is 4.79 Å². The second-order valence-corrected chi connectivity index (χ2v) is 6.75. The summed E-state index contributed by atoms with van der Waals surface area (Å²) in [5.41, 5.74) is 4.29. The van der Waals surface area contributed by atoms with E-state index in [1.54, 1.807) is 0 Å². The van der Waals surface area contributed by atoms with E-state index in [-0.39, 0.29) is 5.91 Å². The van der Waals surface area contributed by atoms with Gasteiger partial charge in [0.2, 0.25) is 0 Å². The molecular weight excluding hydrogens is 298 g/mol. The molecule has 4 nitrogen and oxygen atoms in total. The molecule has 1 N–H and O–H groups in total. The third-order valence-corrected chi connectivity index (χ3v) is 5.16. The molecule has 2 heterocycles. The van der Waals surface area contributed by atoms with E-state index < -0.39 is 0 Å². The van der Waals surface area contributed by atoms with Crippen LogP contribution in [0.4, 0.5) is 0 Å². The number of hydrogen-bond acceptors (Lipinski definition) is 2. The number of aryl methyl sites for hydroxylation is 1. The van der Waals surface area contributed by atoms with Crippen molar-refractivity contribution in [2.75, 3.05) is 20.1 Å². The van der Waals surface area contributed by atoms with Crippen molar-refractivity contribution in [2.45, 2.75) is 39.3 Å². The van der Waals surface area contributed by atoms with Gasteiger partial charge in [0.1, 0.15) is 0 Å². The Bertz CT molecular complexity index is 699. The summed E-state index contributed by atoms with van der Waals surface area (Å²) >= 11 is 0. The van der Waals surface area contributed by atoms with E-state index in [0.29, 0.717) is 6.04 Å². The maximum Gasteiger partial charge on any atom is 0.255 e. The Kier molecular flexibility index (Phi) is 5.05. The Balaban J connectivity index is 1.81. The number of aromatic nitrogens is 1. The minimum absolute atomic E-state index is 0.148. The molecule has 3 rings (SSSR count). The Hall–Kier alpha value is -2.07. The van der Waals surface area contributed by atoms with Crippen LogP contribution in [0.2, 0.25) is 0 Å². The van der Waals surface area contributed by atoms with Crippen molar-refractivity contribution in [1.29, 1.82) is 0 Å². The molecule has 1 amide bonds. The lowest BCUT2D eigenvalue weighted by atomic mass is 10.0. The van der Waals surface area contributed by atoms with E-state index in [4.69, 9.17) is 0 Å². The van der Waals surface area contributed by atoms with Gasteiger partial charge in [-0.3, -0.25) is 4.79 Å². The van der Waals surface area contributed by atoms with Crippen LogP contribution in [0, 0.1) is 13.8 Å². The number of carbonyl (C=O) groups excluding carboxylic acids is 1. The fourth-order valence-electron chi connectivity index (χ4n) is 3.58. The first kappa shape index (κ1) is 16.8. The fraction of sp³-hybridized carbons (Fsp3) is 0.450. The van der Waals surface area contributed by atoms with Crippen LogP contribution in [-0.4, -0.2) is 41.6 Å². The van der Waals surface area contributed by atoms with Crippen LogP contribution in [0.15, 0.2) is 36.4 Å². The zero-order valence-electron chi connectivity index (χ0n) is 14.9. The van der Waals surface area contributed by atoms with E-state index in [1.807, 2.05) is 24.1 Å². The molecule has 1 aliphatic heterocycles. The van der Waals surface area contributed by atoms with Gasteiger partial charge in [-0.1, -0.05) is 30.3 Å². The lowest BCUT2D eigenvalue weighted by Gasteiger charge is -2.31. The van der Waals surface area contributed by atoms with Crippen molar-refractivity contribution in [2.24, 2.45) is 0 Å². The molecule has 24 heavy (non-hydrogen) atoms. The molecule has 1 aliphatic rings. The fourth-order valence-corrected chi connectivity index (χ4v) is 3.58. The summed E-state index contributed by atoms with van der Waals surface area (Å²) in [7, 11) is 1.95. The minimum Gasteiger partial charge on any atom is -0.344 e. The number of hydrogen-bond donors (Lipinski definition) is 1. The zero-order valence-corrected chi connectivity index (χ0v) is 14.9. The van der Waals surface area contributed by atoms with E-state index in [0.717, 1.165) is 49.4 Å². The molecule has 0 unspecified atom stereocenters. The lowest BCUT2D eigenvalue weighted by molar-refractivity contribution is 0.0702. The van der Waals surface area contributed by atoms with Crippen molar-refractivity contribution in [1.82, 2.24) is 14.8 Å². The quantitative estimate of drug-likeness (QED) is 0.938. The highest BCUT2D eigenvalue weighted by Gasteiger charge is 2.25. The van der Waals surface area contributed by atoms with Crippen LogP contribution < -0.4 is 5.32 Å². The average Bonchev–Trinajstić information content (AvgIpc) is 2.90. The van der Waals surface area contributed by atoms with Crippen LogP contribution in [0.1, 0.15) is 40.2 Å². The Morgan fingerprint density at radius 2 is 1.88 bits per heavy atom. The standard InChI is InChI=1S/C20H27N3O/c1-15-13-19(20(24)22(3)18-9-11-21-12-10-18)16(2)23(15)14-17-7-5-4-6-8-17/h4-8,13,18,21H,9-12,14H2,1-3H3. The van der Waals surface area contributed by atoms with Crippen molar-refractivity contribution in [3.63, 3.8) is 0 Å². The summed E-state index contributed by atoms with van der Waals surface area (Å²) in [5.74, 6) is 0.148. The number of nitrogens with one attached hydrogen (secondary N) is 1. The van der Waals surface area contributed by atoms with Crippen LogP contribution in [0.5, 0.6) is 0 Å². The number of benzene rings is 1. The zero-order chi connectivity index (χ0) is 17.1. The summed E-state index contributed by atoms with van der Waals surface area (Å²) < 4.78 is 2.23. The summed E-state index contributed by atoms with van der Waals surface area (Å²) in [6, 6.07) is 12.8. The molecule has 0 spiro atoms. The molecule has 0 bridgehead atoms. The first-order chi connectivity index (χ1) is 11.6. The largest absolute Gasteiger partial charge is 0.344 e. The van der Waals surface area contributed by atoms with Gasteiger partial charge in [-0.05, 0) is 51.4 Å². The van der Waals surface area contributed by atoms with Gasteiger partial charge in [-0.15, -0.1) is 0 Å². The van der Waals surface area contributed by atoms with Gasteiger partial charge in [-0.25, -0.2) is 0 Å². The minimum atomic E-state index is 0.148. The van der Waals surface area contributed by atoms with Crippen molar-refractivity contribution >= 4 is 5.91 Å². The van der Waals surface area contributed by atoms with Gasteiger partial charge in [-0.2, -0.15) is 0 Å². The second-order valence-electron chi connectivity index (χ2n) is 6.75. The van der Waals surface area contributed by atoms with Gasteiger partial charge < -0.3 is 14.8 Å². The molecule has 128 valence electrons. The van der Waals surface area contributed by atoms with Crippen LogP contribution in [-0.2, 0) is 6.54 Å². The molecule has 2 aromatic rings. The smallest absolute Gasteiger partial charge is 0.255 e. The first-order valence-electron chi connectivity index (χ1n) is 8.76. The van der Waals surface area contributed by atoms with Crippen LogP contribution in [0.3, 0.4) is 0 Å². The lowest BCUT2D eigenvalue weighted by Crippen LogP contribution is -2.44. The van der Waals surface area contributed by atoms with E-state index in [2.05, 4.69) is 48.0 Å². The molecule has 1 fully saturated rings. The van der Waals surface area contributed by atoms with Crippen LogP contribution in [0.25, 0.3) is 0 Å². The Morgan fingerprint density at radius 3 is 2.54 bits per heavy atom. The van der Waals surface area contributed by atoms with Gasteiger partial charge in [0.15, 0.2) is 0 Å². The first-order valence-corrected chi connectivity index (χ1v) is 8.76. The molecule has 1 saturated heterocycles. The molecule has 4 heteroatoms. The predicted molar refractivity (Wildman–Crippen MR) is 97.4 cm³/mol. The summed E-state index contributed by atoms with van der Waals surface area (Å²) in [5, 5.41) is 3.36. The molecule has 0 atom stereocenters. The monoisotopic (exact) mass is 325 g/mol. The maximum atomic E-state index is 13.0. The molecule has 0 aliphatic carbocycles. The van der Waals surface area contributed by atoms with Gasteiger partial charge in [0.25, 0.3) is 5.91 Å². The topological polar surface area (TPSA) is 37.3 Å². The molecule has 1 aromatic heterocycles. The normalized spacial score (nSPS) is 15.5. The highest BCUT2D eigenvalue weighted by atomic mass is 16.2. The van der Waals surface area contributed by atoms with E-state index >= 15 is 0 Å². The molecule has 0 saturated carbocycles.